The molecule has 1 aliphatic rings. The van der Waals surface area contributed by atoms with Crippen LogP contribution in [-0.4, -0.2) is 49.5 Å². The Labute approximate surface area is 170 Å². The summed E-state index contributed by atoms with van der Waals surface area (Å²) in [4.78, 5) is 26.6. The molecule has 3 rings (SSSR count). The van der Waals surface area contributed by atoms with Crippen LogP contribution in [0.3, 0.4) is 0 Å². The normalized spacial score (nSPS) is 13.2. The second-order valence-corrected chi connectivity index (χ2v) is 7.20. The highest BCUT2D eigenvalue weighted by Crippen LogP contribution is 2.21. The van der Waals surface area contributed by atoms with Gasteiger partial charge in [-0.05, 0) is 56.3 Å². The Bertz CT molecular complexity index is 837. The molecule has 2 aromatic carbocycles. The average molecular weight is 399 g/mol. The average Bonchev–Trinajstić information content (AvgIpc) is 3.52. The highest BCUT2D eigenvalue weighted by atomic mass is 19.1. The van der Waals surface area contributed by atoms with Crippen LogP contribution < -0.4 is 15.4 Å². The molecule has 2 N–H and O–H groups in total. The van der Waals surface area contributed by atoms with Gasteiger partial charge in [0, 0.05) is 25.6 Å². The monoisotopic (exact) mass is 399 g/mol. The molecule has 154 valence electrons. The minimum Gasteiger partial charge on any atom is -0.492 e. The first-order chi connectivity index (χ1) is 14.0. The molecule has 0 saturated heterocycles. The number of anilines is 1. The zero-order valence-electron chi connectivity index (χ0n) is 16.5. The summed E-state index contributed by atoms with van der Waals surface area (Å²) in [7, 11) is 1.90. The van der Waals surface area contributed by atoms with E-state index in [-0.39, 0.29) is 23.7 Å². The lowest BCUT2D eigenvalue weighted by atomic mass is 10.1. The number of benzene rings is 2. The third-order valence-electron chi connectivity index (χ3n) is 4.63. The van der Waals surface area contributed by atoms with Crippen LogP contribution in [-0.2, 0) is 4.79 Å². The molecule has 0 atom stereocenters. The van der Waals surface area contributed by atoms with E-state index in [4.69, 9.17) is 4.74 Å². The van der Waals surface area contributed by atoms with Crippen LogP contribution in [0.1, 0.15) is 29.6 Å². The molecular formula is C22H26FN3O3. The van der Waals surface area contributed by atoms with E-state index in [9.17, 15) is 14.0 Å². The Hall–Kier alpha value is -2.93. The SMILES string of the molecule is CN(CCOc1ccc(F)cc1)CCC(=O)Nc1ccccc1C(=O)NC1CC1. The second-order valence-electron chi connectivity index (χ2n) is 7.20. The number of carbonyl (C=O) groups is 2. The van der Waals surface area contributed by atoms with Crippen molar-refractivity contribution >= 4 is 17.5 Å². The van der Waals surface area contributed by atoms with Crippen LogP contribution in [0.4, 0.5) is 10.1 Å². The lowest BCUT2D eigenvalue weighted by Gasteiger charge is -2.17. The first-order valence-electron chi connectivity index (χ1n) is 9.78. The van der Waals surface area contributed by atoms with E-state index in [2.05, 4.69) is 10.6 Å². The lowest BCUT2D eigenvalue weighted by molar-refractivity contribution is -0.116. The number of hydrogen-bond donors (Lipinski definition) is 2. The maximum Gasteiger partial charge on any atom is 0.253 e. The molecule has 0 bridgehead atoms. The summed E-state index contributed by atoms with van der Waals surface area (Å²) in [6.07, 6.45) is 2.32. The van der Waals surface area contributed by atoms with Crippen LogP contribution in [0.5, 0.6) is 5.75 Å². The summed E-state index contributed by atoms with van der Waals surface area (Å²) in [6.45, 7) is 1.62. The van der Waals surface area contributed by atoms with Gasteiger partial charge in [0.1, 0.15) is 18.2 Å². The van der Waals surface area contributed by atoms with Gasteiger partial charge < -0.3 is 20.3 Å². The smallest absolute Gasteiger partial charge is 0.253 e. The molecule has 2 aromatic rings. The fourth-order valence-electron chi connectivity index (χ4n) is 2.75. The molecule has 0 aliphatic heterocycles. The van der Waals surface area contributed by atoms with Gasteiger partial charge >= 0.3 is 0 Å². The first kappa shape index (κ1) is 20.8. The van der Waals surface area contributed by atoms with E-state index in [0.29, 0.717) is 43.1 Å². The Morgan fingerprint density at radius 2 is 1.83 bits per heavy atom. The number of halogens is 1. The Morgan fingerprint density at radius 1 is 1.10 bits per heavy atom. The summed E-state index contributed by atoms with van der Waals surface area (Å²) >= 11 is 0. The van der Waals surface area contributed by atoms with Crippen LogP contribution in [0.15, 0.2) is 48.5 Å². The van der Waals surface area contributed by atoms with Crippen molar-refractivity contribution in [2.75, 3.05) is 32.1 Å². The summed E-state index contributed by atoms with van der Waals surface area (Å²) in [6, 6.07) is 13.2. The van der Waals surface area contributed by atoms with Gasteiger partial charge in [0.15, 0.2) is 0 Å². The van der Waals surface area contributed by atoms with Crippen molar-refractivity contribution in [2.45, 2.75) is 25.3 Å². The van der Waals surface area contributed by atoms with Crippen molar-refractivity contribution in [3.8, 4) is 5.75 Å². The number of nitrogens with zero attached hydrogens (tertiary/aromatic N) is 1. The Balaban J connectivity index is 1.40. The number of likely N-dealkylation sites (N-methyl/N-ethyl adjacent to an activating group) is 1. The van der Waals surface area contributed by atoms with Gasteiger partial charge in [-0.1, -0.05) is 12.1 Å². The number of nitrogens with one attached hydrogen (secondary N) is 2. The predicted molar refractivity (Wildman–Crippen MR) is 110 cm³/mol. The largest absolute Gasteiger partial charge is 0.492 e. The standard InChI is InChI=1S/C22H26FN3O3/c1-26(14-15-29-18-10-6-16(23)7-11-18)13-12-21(27)25-20-5-3-2-4-19(20)22(28)24-17-8-9-17/h2-7,10-11,17H,8-9,12-15H2,1H3,(H,24,28)(H,25,27). The second kappa shape index (κ2) is 10.0. The molecule has 0 radical (unpaired) electrons. The first-order valence-corrected chi connectivity index (χ1v) is 9.78. The molecule has 1 aliphatic carbocycles. The van der Waals surface area contributed by atoms with Crippen LogP contribution in [0.2, 0.25) is 0 Å². The maximum atomic E-state index is 12.9. The number of ether oxygens (including phenoxy) is 1. The van der Waals surface area contributed by atoms with Crippen molar-refractivity contribution in [2.24, 2.45) is 0 Å². The van der Waals surface area contributed by atoms with Crippen molar-refractivity contribution in [3.63, 3.8) is 0 Å². The third-order valence-corrected chi connectivity index (χ3v) is 4.63. The molecule has 29 heavy (non-hydrogen) atoms. The van der Waals surface area contributed by atoms with Gasteiger partial charge in [0.2, 0.25) is 5.91 Å². The van der Waals surface area contributed by atoms with E-state index in [1.807, 2.05) is 11.9 Å². The number of amides is 2. The predicted octanol–water partition coefficient (Wildman–Crippen LogP) is 3.06. The van der Waals surface area contributed by atoms with Gasteiger partial charge in [0.25, 0.3) is 5.91 Å². The molecule has 7 heteroatoms. The summed E-state index contributed by atoms with van der Waals surface area (Å²) < 4.78 is 18.4. The highest BCUT2D eigenvalue weighted by Gasteiger charge is 2.25. The van der Waals surface area contributed by atoms with Crippen LogP contribution in [0.25, 0.3) is 0 Å². The topological polar surface area (TPSA) is 70.7 Å². The van der Waals surface area contributed by atoms with Crippen LogP contribution >= 0.6 is 0 Å². The molecule has 0 unspecified atom stereocenters. The van der Waals surface area contributed by atoms with Crippen molar-refractivity contribution in [1.29, 1.82) is 0 Å². The van der Waals surface area contributed by atoms with Crippen LogP contribution in [0, 0.1) is 5.82 Å². The molecule has 1 saturated carbocycles. The van der Waals surface area contributed by atoms with E-state index in [1.165, 1.54) is 12.1 Å². The lowest BCUT2D eigenvalue weighted by Crippen LogP contribution is -2.29. The number of rotatable bonds is 10. The molecule has 2 amide bonds. The highest BCUT2D eigenvalue weighted by molar-refractivity contribution is 6.03. The summed E-state index contributed by atoms with van der Waals surface area (Å²) in [5, 5.41) is 5.78. The zero-order chi connectivity index (χ0) is 20.6. The quantitative estimate of drug-likeness (QED) is 0.644. The van der Waals surface area contributed by atoms with Gasteiger partial charge in [0.05, 0.1) is 11.3 Å². The Kier molecular flexibility index (Phi) is 7.19. The molecule has 0 aromatic heterocycles. The van der Waals surface area contributed by atoms with Gasteiger partial charge in [-0.15, -0.1) is 0 Å². The fourth-order valence-corrected chi connectivity index (χ4v) is 2.75. The molecular weight excluding hydrogens is 373 g/mol. The van der Waals surface area contributed by atoms with Crippen molar-refractivity contribution < 1.29 is 18.7 Å². The molecule has 1 fully saturated rings. The number of para-hydroxylation sites is 1. The van der Waals surface area contributed by atoms with Crippen molar-refractivity contribution in [1.82, 2.24) is 10.2 Å². The van der Waals surface area contributed by atoms with E-state index < -0.39 is 0 Å². The zero-order valence-corrected chi connectivity index (χ0v) is 16.5. The van der Waals surface area contributed by atoms with Gasteiger partial charge in [-0.25, -0.2) is 4.39 Å². The Morgan fingerprint density at radius 3 is 2.55 bits per heavy atom. The van der Waals surface area contributed by atoms with E-state index >= 15 is 0 Å². The number of carbonyl (C=O) groups excluding carboxylic acids is 2. The van der Waals surface area contributed by atoms with Gasteiger partial charge in [-0.2, -0.15) is 0 Å². The third kappa shape index (κ3) is 6.87. The summed E-state index contributed by atoms with van der Waals surface area (Å²) in [5.74, 6) is 0.00661. The molecule has 6 nitrogen and oxygen atoms in total. The maximum absolute atomic E-state index is 12.9. The van der Waals surface area contributed by atoms with Crippen molar-refractivity contribution in [3.05, 3.63) is 59.9 Å². The number of hydrogen-bond acceptors (Lipinski definition) is 4. The molecule has 0 spiro atoms. The molecule has 0 heterocycles. The fraction of sp³-hybridized carbons (Fsp3) is 0.364. The van der Waals surface area contributed by atoms with E-state index in [1.54, 1.807) is 36.4 Å². The van der Waals surface area contributed by atoms with Gasteiger partial charge in [-0.3, -0.25) is 9.59 Å². The summed E-state index contributed by atoms with van der Waals surface area (Å²) in [5.41, 5.74) is 1.01. The minimum absolute atomic E-state index is 0.150. The van der Waals surface area contributed by atoms with E-state index in [0.717, 1.165) is 12.8 Å². The minimum atomic E-state index is -0.299.